The number of nitrogens with two attached hydrogens (primary N) is 1. The fraction of sp³-hybridized carbons (Fsp3) is 0.538. The largest absolute Gasteiger partial charge is 0.480 e. The molecule has 0 saturated carbocycles. The predicted molar refractivity (Wildman–Crippen MR) is 136 cm³/mol. The molecular weight excluding hydrogens is 462 g/mol. The van der Waals surface area contributed by atoms with E-state index in [4.69, 9.17) is 5.73 Å². The van der Waals surface area contributed by atoms with Gasteiger partial charge in [-0.15, -0.1) is 0 Å². The van der Waals surface area contributed by atoms with Gasteiger partial charge in [-0.3, -0.25) is 14.4 Å². The number of rotatable bonds is 10. The summed E-state index contributed by atoms with van der Waals surface area (Å²) in [5.41, 5.74) is 8.05. The number of benzene rings is 1. The summed E-state index contributed by atoms with van der Waals surface area (Å²) in [4.78, 5) is 55.4. The molecule has 10 nitrogen and oxygen atoms in total. The molecule has 3 rings (SSSR count). The van der Waals surface area contributed by atoms with Gasteiger partial charge in [-0.2, -0.15) is 0 Å². The standard InChI is InChI=1S/C26H37N5O5/c1-14(2)21(29-23(32)18(27)12-16-13-28-19-9-6-5-8-17(16)19)24(33)30-22(15(3)4)25(34)31-11-7-10-20(31)26(35)36/h5-6,8-9,13-15,18,20-22,28H,7,10-12,27H2,1-4H3,(H,29,32)(H,30,33)(H,35,36). The predicted octanol–water partition coefficient (Wildman–Crippen LogP) is 1.39. The molecule has 6 N–H and O–H groups in total. The van der Waals surface area contributed by atoms with Crippen molar-refractivity contribution >= 4 is 34.6 Å². The SMILES string of the molecule is CC(C)C(NC(=O)C(N)Cc1c[nH]c2ccccc12)C(=O)NC(C(=O)N1CCCC1C(=O)O)C(C)C. The van der Waals surface area contributed by atoms with Crippen LogP contribution in [0.2, 0.25) is 0 Å². The van der Waals surface area contributed by atoms with Gasteiger partial charge in [0.2, 0.25) is 17.7 Å². The molecule has 1 fully saturated rings. The van der Waals surface area contributed by atoms with Crippen LogP contribution in [0.15, 0.2) is 30.5 Å². The van der Waals surface area contributed by atoms with E-state index in [2.05, 4.69) is 15.6 Å². The van der Waals surface area contributed by atoms with Crippen LogP contribution < -0.4 is 16.4 Å². The highest BCUT2D eigenvalue weighted by Crippen LogP contribution is 2.21. The Balaban J connectivity index is 1.68. The van der Waals surface area contributed by atoms with Crippen LogP contribution in [-0.2, 0) is 25.6 Å². The Labute approximate surface area is 211 Å². The second kappa shape index (κ2) is 11.6. The number of aliphatic carboxylic acids is 1. The Kier molecular flexibility index (Phi) is 8.73. The number of amides is 3. The average molecular weight is 500 g/mol. The molecule has 3 amide bonds. The first-order chi connectivity index (χ1) is 17.0. The van der Waals surface area contributed by atoms with Crippen LogP contribution >= 0.6 is 0 Å². The van der Waals surface area contributed by atoms with Crippen LogP contribution in [0.1, 0.15) is 46.1 Å². The minimum atomic E-state index is -1.05. The second-order valence-electron chi connectivity index (χ2n) is 10.2. The highest BCUT2D eigenvalue weighted by atomic mass is 16.4. The van der Waals surface area contributed by atoms with Gasteiger partial charge in [-0.25, -0.2) is 4.79 Å². The number of likely N-dealkylation sites (tertiary alicyclic amines) is 1. The monoisotopic (exact) mass is 499 g/mol. The maximum atomic E-state index is 13.2. The molecule has 36 heavy (non-hydrogen) atoms. The number of nitrogens with zero attached hydrogens (tertiary/aromatic N) is 1. The van der Waals surface area contributed by atoms with Crippen molar-refractivity contribution in [1.82, 2.24) is 20.5 Å². The summed E-state index contributed by atoms with van der Waals surface area (Å²) in [5.74, 6) is -2.98. The fourth-order valence-corrected chi connectivity index (χ4v) is 4.65. The van der Waals surface area contributed by atoms with Crippen molar-refractivity contribution in [3.8, 4) is 0 Å². The minimum absolute atomic E-state index is 0.268. The molecule has 196 valence electrons. The number of carboxylic acid groups (broad SMARTS) is 1. The van der Waals surface area contributed by atoms with Crippen LogP contribution in [-0.4, -0.2) is 69.4 Å². The number of H-pyrrole nitrogens is 1. The summed E-state index contributed by atoms with van der Waals surface area (Å²) in [6.07, 6.45) is 3.10. The van der Waals surface area contributed by atoms with Gasteiger partial charge in [-0.1, -0.05) is 45.9 Å². The van der Waals surface area contributed by atoms with Crippen molar-refractivity contribution in [3.05, 3.63) is 36.0 Å². The van der Waals surface area contributed by atoms with Crippen molar-refractivity contribution < 1.29 is 24.3 Å². The van der Waals surface area contributed by atoms with E-state index in [9.17, 15) is 24.3 Å². The molecule has 1 aliphatic heterocycles. The topological polar surface area (TPSA) is 158 Å². The lowest BCUT2D eigenvalue weighted by Gasteiger charge is -2.31. The van der Waals surface area contributed by atoms with Crippen LogP contribution in [0.5, 0.6) is 0 Å². The molecule has 2 aromatic rings. The van der Waals surface area contributed by atoms with Gasteiger partial charge in [0.05, 0.1) is 6.04 Å². The highest BCUT2D eigenvalue weighted by Gasteiger charge is 2.39. The summed E-state index contributed by atoms with van der Waals surface area (Å²) < 4.78 is 0. The highest BCUT2D eigenvalue weighted by molar-refractivity contribution is 5.95. The third-order valence-electron chi connectivity index (χ3n) is 6.75. The third-order valence-corrected chi connectivity index (χ3v) is 6.75. The smallest absolute Gasteiger partial charge is 0.326 e. The first-order valence-corrected chi connectivity index (χ1v) is 12.5. The molecule has 0 aliphatic carbocycles. The summed E-state index contributed by atoms with van der Waals surface area (Å²) in [6, 6.07) is 4.15. The van der Waals surface area contributed by atoms with E-state index in [1.807, 2.05) is 30.5 Å². The molecule has 1 aromatic carbocycles. The molecule has 4 atom stereocenters. The lowest BCUT2D eigenvalue weighted by atomic mass is 9.98. The van der Waals surface area contributed by atoms with E-state index >= 15 is 0 Å². The molecule has 0 bridgehead atoms. The number of nitrogens with one attached hydrogen (secondary N) is 3. The van der Waals surface area contributed by atoms with Gasteiger partial charge < -0.3 is 31.4 Å². The van der Waals surface area contributed by atoms with Crippen LogP contribution in [0.4, 0.5) is 0 Å². The number of carbonyl (C=O) groups excluding carboxylic acids is 3. The Bertz CT molecular complexity index is 1110. The average Bonchev–Trinajstić information content (AvgIpc) is 3.47. The maximum absolute atomic E-state index is 13.2. The summed E-state index contributed by atoms with van der Waals surface area (Å²) in [6.45, 7) is 7.50. The maximum Gasteiger partial charge on any atom is 0.326 e. The van der Waals surface area contributed by atoms with E-state index in [0.29, 0.717) is 25.8 Å². The van der Waals surface area contributed by atoms with Crippen LogP contribution in [0.25, 0.3) is 10.9 Å². The van der Waals surface area contributed by atoms with E-state index in [0.717, 1.165) is 16.5 Å². The number of fused-ring (bicyclic) bond motifs is 1. The zero-order valence-electron chi connectivity index (χ0n) is 21.3. The van der Waals surface area contributed by atoms with Crippen molar-refractivity contribution in [2.75, 3.05) is 6.54 Å². The van der Waals surface area contributed by atoms with Gasteiger partial charge in [0.25, 0.3) is 0 Å². The normalized spacial score (nSPS) is 18.3. The number of hydrogen-bond donors (Lipinski definition) is 5. The van der Waals surface area contributed by atoms with E-state index in [1.54, 1.807) is 27.7 Å². The van der Waals surface area contributed by atoms with Crippen molar-refractivity contribution in [2.45, 2.75) is 71.1 Å². The minimum Gasteiger partial charge on any atom is -0.480 e. The van der Waals surface area contributed by atoms with Crippen LogP contribution in [0.3, 0.4) is 0 Å². The molecular formula is C26H37N5O5. The van der Waals surface area contributed by atoms with Gasteiger partial charge in [0.1, 0.15) is 18.1 Å². The quantitative estimate of drug-likeness (QED) is 0.332. The van der Waals surface area contributed by atoms with Gasteiger partial charge >= 0.3 is 5.97 Å². The first-order valence-electron chi connectivity index (χ1n) is 12.5. The summed E-state index contributed by atoms with van der Waals surface area (Å²) in [5, 5.41) is 16.0. The molecule has 2 heterocycles. The molecule has 1 saturated heterocycles. The molecule has 4 unspecified atom stereocenters. The number of aromatic nitrogens is 1. The first kappa shape index (κ1) is 27.2. The number of carboxylic acids is 1. The van der Waals surface area contributed by atoms with Gasteiger partial charge in [-0.05, 0) is 42.7 Å². The molecule has 10 heteroatoms. The fourth-order valence-electron chi connectivity index (χ4n) is 4.65. The molecule has 1 aromatic heterocycles. The van der Waals surface area contributed by atoms with Crippen molar-refractivity contribution in [1.29, 1.82) is 0 Å². The lowest BCUT2D eigenvalue weighted by molar-refractivity contribution is -0.150. The Morgan fingerprint density at radius 2 is 1.69 bits per heavy atom. The van der Waals surface area contributed by atoms with Crippen LogP contribution in [0, 0.1) is 11.8 Å². The van der Waals surface area contributed by atoms with E-state index in [-0.39, 0.29) is 11.8 Å². The number of carbonyl (C=O) groups is 4. The van der Waals surface area contributed by atoms with E-state index < -0.39 is 47.9 Å². The zero-order valence-corrected chi connectivity index (χ0v) is 21.3. The number of para-hydroxylation sites is 1. The third kappa shape index (κ3) is 6.04. The van der Waals surface area contributed by atoms with Crippen molar-refractivity contribution in [2.24, 2.45) is 17.6 Å². The molecule has 1 aliphatic rings. The Hall–Kier alpha value is -3.40. The molecule has 0 radical (unpaired) electrons. The Morgan fingerprint density at radius 3 is 2.33 bits per heavy atom. The molecule has 0 spiro atoms. The number of aromatic amines is 1. The van der Waals surface area contributed by atoms with E-state index in [1.165, 1.54) is 4.90 Å². The Morgan fingerprint density at radius 1 is 1.06 bits per heavy atom. The lowest BCUT2D eigenvalue weighted by Crippen LogP contribution is -2.59. The number of hydrogen-bond acceptors (Lipinski definition) is 5. The summed E-state index contributed by atoms with van der Waals surface area (Å²) in [7, 11) is 0. The second-order valence-corrected chi connectivity index (χ2v) is 10.2. The van der Waals surface area contributed by atoms with Gasteiger partial charge in [0, 0.05) is 23.6 Å². The van der Waals surface area contributed by atoms with Crippen molar-refractivity contribution in [3.63, 3.8) is 0 Å². The zero-order chi connectivity index (χ0) is 26.6. The van der Waals surface area contributed by atoms with Gasteiger partial charge in [0.15, 0.2) is 0 Å². The summed E-state index contributed by atoms with van der Waals surface area (Å²) >= 11 is 0.